The molecule has 0 heterocycles. The van der Waals surface area contributed by atoms with Crippen LogP contribution in [0.25, 0.3) is 0 Å². The molecule has 0 aliphatic heterocycles. The van der Waals surface area contributed by atoms with Gasteiger partial charge in [-0.25, -0.2) is 9.13 Å². The predicted molar refractivity (Wildman–Crippen MR) is 451 cm³/mol. The molecule has 0 rings (SSSR count). The number of rotatable bonds is 87. The highest BCUT2D eigenvalue weighted by atomic mass is 31.2. The van der Waals surface area contributed by atoms with Gasteiger partial charge in [0, 0.05) is 25.7 Å². The second kappa shape index (κ2) is 78.6. The molecule has 17 nitrogen and oxygen atoms in total. The molecule has 0 fully saturated rings. The first kappa shape index (κ1) is 107. The standard InChI is InChI=1S/C90H176O17P2/c1-9-83(8)69-61-53-45-40-41-47-55-63-71-88(93)101-77-86(107-90(95)73-65-57-49-39-33-27-21-15-18-24-30-36-44-52-60-68-82(6)7)79-105-109(98,99)103-75-84(91)74-102-108(96,97)104-78-85(76-100-87(92)70-62-54-46-37-31-25-20-14-17-23-29-35-43-51-59-67-81(4)5)106-89(94)72-64-56-48-38-32-26-19-13-11-10-12-16-22-28-34-42-50-58-66-80(2)3/h80-86,91H,9-79H2,1-8H3,(H,96,97)(H,98,99)/t83?,84-,85-,86-/m1/s1. The maximum absolute atomic E-state index is 13.2. The fourth-order valence-electron chi connectivity index (χ4n) is 14.0. The number of unbranched alkanes of at least 4 members (excludes halogenated alkanes) is 52. The van der Waals surface area contributed by atoms with Crippen molar-refractivity contribution >= 4 is 39.5 Å². The highest BCUT2D eigenvalue weighted by molar-refractivity contribution is 7.47. The fraction of sp³-hybridized carbons (Fsp3) is 0.956. The van der Waals surface area contributed by atoms with E-state index in [1.807, 2.05) is 0 Å². The van der Waals surface area contributed by atoms with E-state index in [0.29, 0.717) is 25.7 Å². The Kier molecular flexibility index (Phi) is 77.2. The average Bonchev–Trinajstić information content (AvgIpc) is 0.899. The summed E-state index contributed by atoms with van der Waals surface area (Å²) in [5, 5.41) is 10.7. The first-order valence-electron chi connectivity index (χ1n) is 46.2. The monoisotopic (exact) mass is 1590 g/mol. The number of hydrogen-bond donors (Lipinski definition) is 3. The molecule has 3 N–H and O–H groups in total. The minimum absolute atomic E-state index is 0.107. The van der Waals surface area contributed by atoms with Crippen molar-refractivity contribution in [2.75, 3.05) is 39.6 Å². The molecule has 0 spiro atoms. The Morgan fingerprint density at radius 2 is 0.440 bits per heavy atom. The Balaban J connectivity index is 5.26. The van der Waals surface area contributed by atoms with Crippen molar-refractivity contribution < 1.29 is 80.2 Å². The summed E-state index contributed by atoms with van der Waals surface area (Å²) in [6.45, 7) is 14.4. The first-order valence-corrected chi connectivity index (χ1v) is 49.2. The lowest BCUT2D eigenvalue weighted by Crippen LogP contribution is -2.30. The molecule has 0 saturated heterocycles. The van der Waals surface area contributed by atoms with Crippen LogP contribution in [0.15, 0.2) is 0 Å². The molecule has 0 bridgehead atoms. The summed E-state index contributed by atoms with van der Waals surface area (Å²) in [4.78, 5) is 73.4. The van der Waals surface area contributed by atoms with Gasteiger partial charge in [0.25, 0.3) is 0 Å². The van der Waals surface area contributed by atoms with Crippen LogP contribution in [0.4, 0.5) is 0 Å². The van der Waals surface area contributed by atoms with Gasteiger partial charge in [0.15, 0.2) is 12.2 Å². The Labute approximate surface area is 670 Å². The Hall–Kier alpha value is -1.94. The van der Waals surface area contributed by atoms with Crippen LogP contribution in [0.5, 0.6) is 0 Å². The van der Waals surface area contributed by atoms with Gasteiger partial charge >= 0.3 is 39.5 Å². The third-order valence-corrected chi connectivity index (χ3v) is 23.3. The van der Waals surface area contributed by atoms with Crippen molar-refractivity contribution in [3.8, 4) is 0 Å². The van der Waals surface area contributed by atoms with Gasteiger partial charge < -0.3 is 33.8 Å². The van der Waals surface area contributed by atoms with Gasteiger partial charge in [-0.15, -0.1) is 0 Å². The molecule has 0 aromatic rings. The zero-order chi connectivity index (χ0) is 80.2. The van der Waals surface area contributed by atoms with Gasteiger partial charge in [-0.2, -0.15) is 0 Å². The number of hydrogen-bond acceptors (Lipinski definition) is 15. The summed E-state index contributed by atoms with van der Waals surface area (Å²) < 4.78 is 69.1. The quantitative estimate of drug-likeness (QED) is 0.0222. The lowest BCUT2D eigenvalue weighted by Gasteiger charge is -2.21. The van der Waals surface area contributed by atoms with Crippen LogP contribution in [0.1, 0.15) is 473 Å². The third-order valence-electron chi connectivity index (χ3n) is 21.4. The lowest BCUT2D eigenvalue weighted by atomic mass is 9.99. The van der Waals surface area contributed by atoms with Crippen LogP contribution >= 0.6 is 15.6 Å². The molecule has 0 aliphatic rings. The summed E-state index contributed by atoms with van der Waals surface area (Å²) >= 11 is 0. The highest BCUT2D eigenvalue weighted by Gasteiger charge is 2.31. The smallest absolute Gasteiger partial charge is 0.462 e. The Morgan fingerprint density at radius 1 is 0.257 bits per heavy atom. The van der Waals surface area contributed by atoms with E-state index in [9.17, 15) is 43.2 Å². The molecule has 19 heteroatoms. The molecule has 0 aliphatic carbocycles. The number of carbonyl (C=O) groups excluding carboxylic acids is 4. The molecule has 6 atom stereocenters. The molecule has 0 saturated carbocycles. The van der Waals surface area contributed by atoms with Gasteiger partial charge in [-0.1, -0.05) is 421 Å². The van der Waals surface area contributed by atoms with E-state index in [0.717, 1.165) is 114 Å². The number of phosphoric acid groups is 2. The fourth-order valence-corrected chi connectivity index (χ4v) is 15.6. The maximum Gasteiger partial charge on any atom is 0.472 e. The van der Waals surface area contributed by atoms with Crippen molar-refractivity contribution in [1.29, 1.82) is 0 Å². The number of ether oxygens (including phenoxy) is 4. The lowest BCUT2D eigenvalue weighted by molar-refractivity contribution is -0.161. The van der Waals surface area contributed by atoms with E-state index >= 15 is 0 Å². The molecule has 109 heavy (non-hydrogen) atoms. The summed E-state index contributed by atoms with van der Waals surface area (Å²) in [5.74, 6) is 1.10. The van der Waals surface area contributed by atoms with Gasteiger partial charge in [-0.3, -0.25) is 37.3 Å². The Bertz CT molecular complexity index is 2110. The topological polar surface area (TPSA) is 237 Å². The highest BCUT2D eigenvalue weighted by Crippen LogP contribution is 2.45. The van der Waals surface area contributed by atoms with Crippen LogP contribution in [0.2, 0.25) is 0 Å². The zero-order valence-electron chi connectivity index (χ0n) is 72.2. The van der Waals surface area contributed by atoms with Crippen LogP contribution in [-0.2, 0) is 65.4 Å². The van der Waals surface area contributed by atoms with Crippen molar-refractivity contribution in [2.24, 2.45) is 23.7 Å². The van der Waals surface area contributed by atoms with Crippen LogP contribution in [0, 0.1) is 23.7 Å². The maximum atomic E-state index is 13.2. The van der Waals surface area contributed by atoms with E-state index < -0.39 is 97.5 Å². The van der Waals surface area contributed by atoms with Crippen molar-refractivity contribution in [3.05, 3.63) is 0 Å². The zero-order valence-corrected chi connectivity index (χ0v) is 74.0. The van der Waals surface area contributed by atoms with E-state index in [2.05, 4.69) is 55.4 Å². The minimum atomic E-state index is -4.97. The first-order chi connectivity index (χ1) is 52.6. The number of carbonyl (C=O) groups is 4. The van der Waals surface area contributed by atoms with E-state index in [1.165, 1.54) is 276 Å². The summed E-state index contributed by atoms with van der Waals surface area (Å²) in [7, 11) is -9.94. The van der Waals surface area contributed by atoms with Crippen LogP contribution < -0.4 is 0 Å². The molecule has 3 unspecified atom stereocenters. The summed E-state index contributed by atoms with van der Waals surface area (Å²) in [6, 6.07) is 0. The second-order valence-electron chi connectivity index (χ2n) is 34.0. The van der Waals surface area contributed by atoms with E-state index in [-0.39, 0.29) is 25.7 Å². The van der Waals surface area contributed by atoms with Gasteiger partial charge in [0.05, 0.1) is 26.4 Å². The van der Waals surface area contributed by atoms with Crippen LogP contribution in [0.3, 0.4) is 0 Å². The third kappa shape index (κ3) is 82.4. The van der Waals surface area contributed by atoms with Gasteiger partial charge in [0.1, 0.15) is 19.3 Å². The normalized spacial score (nSPS) is 14.1. The van der Waals surface area contributed by atoms with Crippen molar-refractivity contribution in [1.82, 2.24) is 0 Å². The van der Waals surface area contributed by atoms with Gasteiger partial charge in [-0.05, 0) is 49.4 Å². The number of phosphoric ester groups is 2. The molecule has 0 radical (unpaired) electrons. The van der Waals surface area contributed by atoms with E-state index in [1.54, 1.807) is 0 Å². The molecular formula is C90H176O17P2. The minimum Gasteiger partial charge on any atom is -0.462 e. The number of aliphatic hydroxyl groups excluding tert-OH is 1. The van der Waals surface area contributed by atoms with Crippen molar-refractivity contribution in [2.45, 2.75) is 491 Å². The number of aliphatic hydroxyl groups is 1. The summed E-state index contributed by atoms with van der Waals surface area (Å²) in [6.07, 6.45) is 69.4. The molecule has 0 aromatic heterocycles. The molecular weight excluding hydrogens is 1410 g/mol. The molecule has 648 valence electrons. The molecule has 0 amide bonds. The number of esters is 4. The molecule has 0 aromatic carbocycles. The van der Waals surface area contributed by atoms with Crippen molar-refractivity contribution in [3.63, 3.8) is 0 Å². The second-order valence-corrected chi connectivity index (χ2v) is 36.9. The predicted octanol–water partition coefficient (Wildman–Crippen LogP) is 27.5. The largest absolute Gasteiger partial charge is 0.472 e. The van der Waals surface area contributed by atoms with Gasteiger partial charge in [0.2, 0.25) is 0 Å². The average molecular weight is 1590 g/mol. The van der Waals surface area contributed by atoms with Crippen LogP contribution in [-0.4, -0.2) is 96.7 Å². The summed E-state index contributed by atoms with van der Waals surface area (Å²) in [5.41, 5.74) is 0. The van der Waals surface area contributed by atoms with E-state index in [4.69, 9.17) is 37.0 Å². The Morgan fingerprint density at radius 3 is 0.651 bits per heavy atom. The SMILES string of the molecule is CCC(C)CCCCCCCCCCC(=O)OC[C@H](COP(=O)(O)OC[C@H](O)COP(=O)(O)OC[C@@H](COC(=O)CCCCCCCCCCCCCCCCCC(C)C)OC(=O)CCCCCCCCCCCCCCCCCCCCC(C)C)OC(=O)CCCCCCCCCCCCCCCCCC(C)C.